The Hall–Kier alpha value is -1.10. The third-order valence-electron chi connectivity index (χ3n) is 2.57. The van der Waals surface area contributed by atoms with E-state index in [1.165, 1.54) is 6.92 Å². The molecule has 0 aliphatic heterocycles. The quantitative estimate of drug-likeness (QED) is 0.583. The molecule has 1 saturated carbocycles. The number of carboxylic acids is 1. The molecular weight excluding hydrogens is 184 g/mol. The van der Waals surface area contributed by atoms with Crippen LogP contribution in [0.2, 0.25) is 0 Å². The SMILES string of the molecule is C[C@@H](NC(=O)C1CCC(N)C1)C(=O)O. The van der Waals surface area contributed by atoms with Crippen molar-refractivity contribution in [2.75, 3.05) is 0 Å². The molecule has 0 radical (unpaired) electrons. The third kappa shape index (κ3) is 2.70. The van der Waals surface area contributed by atoms with Crippen LogP contribution in [0.25, 0.3) is 0 Å². The Morgan fingerprint density at radius 3 is 2.57 bits per heavy atom. The maximum atomic E-state index is 11.5. The summed E-state index contributed by atoms with van der Waals surface area (Å²) in [4.78, 5) is 22.0. The standard InChI is InChI=1S/C9H16N2O3/c1-5(9(13)14)11-8(12)6-2-3-7(10)4-6/h5-7H,2-4,10H2,1H3,(H,11,12)(H,13,14)/t5-,6?,7?/m1/s1. The van der Waals surface area contributed by atoms with Crippen molar-refractivity contribution in [3.63, 3.8) is 0 Å². The highest BCUT2D eigenvalue weighted by Gasteiger charge is 2.29. The number of aliphatic carboxylic acids is 1. The van der Waals surface area contributed by atoms with E-state index in [0.717, 1.165) is 12.8 Å². The van der Waals surface area contributed by atoms with Gasteiger partial charge in [0.2, 0.25) is 5.91 Å². The monoisotopic (exact) mass is 200 g/mol. The first-order chi connectivity index (χ1) is 6.50. The smallest absolute Gasteiger partial charge is 0.325 e. The van der Waals surface area contributed by atoms with Crippen molar-refractivity contribution in [3.05, 3.63) is 0 Å². The van der Waals surface area contributed by atoms with E-state index < -0.39 is 12.0 Å². The molecule has 14 heavy (non-hydrogen) atoms. The van der Waals surface area contributed by atoms with Crippen LogP contribution in [0.15, 0.2) is 0 Å². The summed E-state index contributed by atoms with van der Waals surface area (Å²) in [6.45, 7) is 1.45. The van der Waals surface area contributed by atoms with Gasteiger partial charge < -0.3 is 16.2 Å². The molecule has 1 aliphatic carbocycles. The van der Waals surface area contributed by atoms with Gasteiger partial charge in [0.15, 0.2) is 0 Å². The number of nitrogens with two attached hydrogens (primary N) is 1. The molecule has 2 unspecified atom stereocenters. The number of carbonyl (C=O) groups is 2. The van der Waals surface area contributed by atoms with E-state index in [1.54, 1.807) is 0 Å². The second-order valence-electron chi connectivity index (χ2n) is 3.84. The molecule has 1 aliphatic rings. The molecule has 1 fully saturated rings. The van der Waals surface area contributed by atoms with E-state index in [-0.39, 0.29) is 17.9 Å². The van der Waals surface area contributed by atoms with Crippen LogP contribution in [-0.2, 0) is 9.59 Å². The Bertz CT molecular complexity index is 242. The lowest BCUT2D eigenvalue weighted by molar-refractivity contribution is -0.141. The van der Waals surface area contributed by atoms with Crippen molar-refractivity contribution in [1.29, 1.82) is 0 Å². The first kappa shape index (κ1) is 11.0. The predicted octanol–water partition coefficient (Wildman–Crippen LogP) is -0.297. The number of nitrogens with one attached hydrogen (secondary N) is 1. The molecule has 5 nitrogen and oxygen atoms in total. The van der Waals surface area contributed by atoms with Crippen LogP contribution in [0.3, 0.4) is 0 Å². The number of rotatable bonds is 3. The molecule has 5 heteroatoms. The first-order valence-corrected chi connectivity index (χ1v) is 4.79. The molecular formula is C9H16N2O3. The zero-order valence-corrected chi connectivity index (χ0v) is 8.19. The molecule has 3 atom stereocenters. The van der Waals surface area contributed by atoms with E-state index in [0.29, 0.717) is 6.42 Å². The first-order valence-electron chi connectivity index (χ1n) is 4.79. The number of amides is 1. The molecule has 0 aromatic rings. The summed E-state index contributed by atoms with van der Waals surface area (Å²) in [5, 5.41) is 11.0. The largest absolute Gasteiger partial charge is 0.480 e. The number of carboxylic acid groups (broad SMARTS) is 1. The highest BCUT2D eigenvalue weighted by atomic mass is 16.4. The lowest BCUT2D eigenvalue weighted by Gasteiger charge is -2.13. The van der Waals surface area contributed by atoms with Crippen LogP contribution >= 0.6 is 0 Å². The molecule has 4 N–H and O–H groups in total. The summed E-state index contributed by atoms with van der Waals surface area (Å²) in [5.41, 5.74) is 5.66. The maximum Gasteiger partial charge on any atom is 0.325 e. The zero-order valence-electron chi connectivity index (χ0n) is 8.19. The van der Waals surface area contributed by atoms with Gasteiger partial charge in [-0.15, -0.1) is 0 Å². The van der Waals surface area contributed by atoms with Crippen LogP contribution in [0.1, 0.15) is 26.2 Å². The lowest BCUT2D eigenvalue weighted by Crippen LogP contribution is -2.41. The fourth-order valence-electron chi connectivity index (χ4n) is 1.65. The van der Waals surface area contributed by atoms with E-state index in [4.69, 9.17) is 10.8 Å². The predicted molar refractivity (Wildman–Crippen MR) is 50.6 cm³/mol. The van der Waals surface area contributed by atoms with Gasteiger partial charge in [-0.3, -0.25) is 9.59 Å². The number of carbonyl (C=O) groups excluding carboxylic acids is 1. The summed E-state index contributed by atoms with van der Waals surface area (Å²) in [6, 6.07) is -0.731. The van der Waals surface area contributed by atoms with E-state index in [1.807, 2.05) is 0 Å². The molecule has 1 rings (SSSR count). The van der Waals surface area contributed by atoms with Crippen molar-refractivity contribution in [2.45, 2.75) is 38.3 Å². The molecule has 0 aromatic heterocycles. The Morgan fingerprint density at radius 2 is 2.14 bits per heavy atom. The lowest BCUT2D eigenvalue weighted by atomic mass is 10.1. The Balaban J connectivity index is 2.39. The Kier molecular flexibility index (Phi) is 3.46. The molecule has 80 valence electrons. The fourth-order valence-corrected chi connectivity index (χ4v) is 1.65. The number of hydrogen-bond acceptors (Lipinski definition) is 3. The van der Waals surface area contributed by atoms with Gasteiger partial charge in [-0.2, -0.15) is 0 Å². The molecule has 0 aromatic carbocycles. The molecule has 0 heterocycles. The van der Waals surface area contributed by atoms with Gasteiger partial charge in [0, 0.05) is 12.0 Å². The minimum atomic E-state index is -1.01. The van der Waals surface area contributed by atoms with E-state index >= 15 is 0 Å². The maximum absolute atomic E-state index is 11.5. The average molecular weight is 200 g/mol. The van der Waals surface area contributed by atoms with E-state index in [2.05, 4.69) is 5.32 Å². The van der Waals surface area contributed by atoms with Gasteiger partial charge in [-0.05, 0) is 26.2 Å². The molecule has 0 saturated heterocycles. The number of hydrogen-bond donors (Lipinski definition) is 3. The van der Waals surface area contributed by atoms with Crippen LogP contribution in [0, 0.1) is 5.92 Å². The summed E-state index contributed by atoms with van der Waals surface area (Å²) < 4.78 is 0. The Labute approximate surface area is 82.7 Å². The Morgan fingerprint density at radius 1 is 1.50 bits per heavy atom. The minimum absolute atomic E-state index is 0.0888. The van der Waals surface area contributed by atoms with Crippen molar-refractivity contribution < 1.29 is 14.7 Å². The second kappa shape index (κ2) is 4.41. The van der Waals surface area contributed by atoms with Crippen LogP contribution < -0.4 is 11.1 Å². The van der Waals surface area contributed by atoms with E-state index in [9.17, 15) is 9.59 Å². The summed E-state index contributed by atoms with van der Waals surface area (Å²) >= 11 is 0. The fraction of sp³-hybridized carbons (Fsp3) is 0.778. The van der Waals surface area contributed by atoms with Crippen LogP contribution in [0.4, 0.5) is 0 Å². The minimum Gasteiger partial charge on any atom is -0.480 e. The van der Waals surface area contributed by atoms with Gasteiger partial charge in [-0.1, -0.05) is 0 Å². The van der Waals surface area contributed by atoms with Gasteiger partial charge in [0.25, 0.3) is 0 Å². The summed E-state index contributed by atoms with van der Waals surface area (Å²) in [7, 11) is 0. The van der Waals surface area contributed by atoms with Crippen molar-refractivity contribution >= 4 is 11.9 Å². The van der Waals surface area contributed by atoms with Gasteiger partial charge >= 0.3 is 5.97 Å². The van der Waals surface area contributed by atoms with Crippen molar-refractivity contribution in [3.8, 4) is 0 Å². The summed E-state index contributed by atoms with van der Waals surface area (Å²) in [6.07, 6.45) is 2.27. The summed E-state index contributed by atoms with van der Waals surface area (Å²) in [5.74, 6) is -1.31. The van der Waals surface area contributed by atoms with Crippen LogP contribution in [-0.4, -0.2) is 29.1 Å². The van der Waals surface area contributed by atoms with Crippen molar-refractivity contribution in [2.24, 2.45) is 11.7 Å². The van der Waals surface area contributed by atoms with Crippen LogP contribution in [0.5, 0.6) is 0 Å². The molecule has 0 spiro atoms. The molecule has 0 bridgehead atoms. The topological polar surface area (TPSA) is 92.4 Å². The van der Waals surface area contributed by atoms with Gasteiger partial charge in [0.1, 0.15) is 6.04 Å². The van der Waals surface area contributed by atoms with Gasteiger partial charge in [0.05, 0.1) is 0 Å². The zero-order chi connectivity index (χ0) is 10.7. The highest BCUT2D eigenvalue weighted by molar-refractivity contribution is 5.84. The molecule has 1 amide bonds. The second-order valence-corrected chi connectivity index (χ2v) is 3.84. The average Bonchev–Trinajstić information content (AvgIpc) is 2.51. The van der Waals surface area contributed by atoms with Crippen molar-refractivity contribution in [1.82, 2.24) is 5.32 Å². The van der Waals surface area contributed by atoms with Gasteiger partial charge in [-0.25, -0.2) is 0 Å². The highest BCUT2D eigenvalue weighted by Crippen LogP contribution is 2.24. The third-order valence-corrected chi connectivity index (χ3v) is 2.57. The normalized spacial score (nSPS) is 28.4.